The van der Waals surface area contributed by atoms with Crippen molar-refractivity contribution in [3.8, 4) is 0 Å². The van der Waals surface area contributed by atoms with Gasteiger partial charge in [-0.15, -0.1) is 0 Å². The Morgan fingerprint density at radius 3 is 2.27 bits per heavy atom. The lowest BCUT2D eigenvalue weighted by Crippen LogP contribution is -2.58. The average molecular weight is 523 g/mol. The number of amides is 1. The van der Waals surface area contributed by atoms with Gasteiger partial charge >= 0.3 is 0 Å². The molecule has 3 aromatic carbocycles. The molecule has 4 rings (SSSR count). The highest BCUT2D eigenvalue weighted by atomic mass is 32.2. The molecule has 0 unspecified atom stereocenters. The second-order valence-electron chi connectivity index (χ2n) is 9.11. The standard InChI is InChI=1S/C27H31N5O4S/c28-26(29)31-27(18-20-9-3-1-4-10-20,25(34)32-15-7-2-8-16-32)24(33)19-30-37(35,36)23-14-13-21-11-5-6-12-22(21)17-23/h1,3-6,9-14,17,30H,2,7-8,15-16,18-19H2,(H4,28,29,31)/t27-/m1/s1/i/hD. The highest BCUT2D eigenvalue weighted by Gasteiger charge is 2.48. The number of sulfonamides is 1. The fourth-order valence-corrected chi connectivity index (χ4v) is 5.54. The van der Waals surface area contributed by atoms with E-state index < -0.39 is 39.8 Å². The molecule has 9 nitrogen and oxygen atoms in total. The summed E-state index contributed by atoms with van der Waals surface area (Å²) in [5.41, 5.74) is 9.95. The summed E-state index contributed by atoms with van der Waals surface area (Å²) in [6, 6.07) is 20.5. The minimum absolute atomic E-state index is 0.142. The van der Waals surface area contributed by atoms with Crippen LogP contribution in [-0.4, -0.2) is 56.1 Å². The number of hydrogen-bond acceptors (Lipinski definition) is 5. The summed E-state index contributed by atoms with van der Waals surface area (Å²) < 4.78 is 35.2. The molecule has 1 fully saturated rings. The molecule has 0 aliphatic carbocycles. The lowest BCUT2D eigenvalue weighted by molar-refractivity contribution is -0.143. The zero-order valence-electron chi connectivity index (χ0n) is 21.4. The molecule has 0 aromatic heterocycles. The largest absolute Gasteiger partial charge is 0.370 e. The Kier molecular flexibility index (Phi) is 7.47. The Labute approximate surface area is 218 Å². The lowest BCUT2D eigenvalue weighted by Gasteiger charge is -2.35. The van der Waals surface area contributed by atoms with E-state index in [2.05, 4.69) is 4.99 Å². The number of carbonyl (C=O) groups is 2. The van der Waals surface area contributed by atoms with E-state index in [0.29, 0.717) is 24.0 Å². The van der Waals surface area contributed by atoms with E-state index in [1.807, 2.05) is 12.1 Å². The smallest absolute Gasteiger partial charge is 0.258 e. The van der Waals surface area contributed by atoms with Gasteiger partial charge in [0, 0.05) is 19.5 Å². The highest BCUT2D eigenvalue weighted by Crippen LogP contribution is 2.26. The monoisotopic (exact) mass is 522 g/mol. The van der Waals surface area contributed by atoms with Gasteiger partial charge in [-0.25, -0.2) is 18.1 Å². The summed E-state index contributed by atoms with van der Waals surface area (Å²) >= 11 is 0. The van der Waals surface area contributed by atoms with Crippen LogP contribution < -0.4 is 16.2 Å². The zero-order chi connectivity index (χ0) is 27.3. The van der Waals surface area contributed by atoms with E-state index in [4.69, 9.17) is 12.9 Å². The first-order valence-electron chi connectivity index (χ1n) is 12.6. The van der Waals surface area contributed by atoms with Crippen LogP contribution in [0, 0.1) is 0 Å². The molecule has 194 valence electrons. The second kappa shape index (κ2) is 11.1. The van der Waals surface area contributed by atoms with Gasteiger partial charge in [-0.1, -0.05) is 60.7 Å². The maximum Gasteiger partial charge on any atom is 0.258 e. The Morgan fingerprint density at radius 1 is 0.946 bits per heavy atom. The van der Waals surface area contributed by atoms with Crippen molar-refractivity contribution in [1.82, 2.24) is 9.62 Å². The number of carbonyl (C=O) groups excluding carboxylic acids is 2. The lowest BCUT2D eigenvalue weighted by atomic mass is 9.84. The molecule has 10 heteroatoms. The first-order chi connectivity index (χ1) is 18.1. The Bertz CT molecular complexity index is 1450. The molecule has 0 saturated carbocycles. The van der Waals surface area contributed by atoms with E-state index in [9.17, 15) is 18.0 Å². The quantitative estimate of drug-likeness (QED) is 0.222. The van der Waals surface area contributed by atoms with Crippen LogP contribution in [0.2, 0.25) is 1.41 Å². The van der Waals surface area contributed by atoms with Gasteiger partial charge in [0.05, 0.1) is 11.4 Å². The number of piperidine rings is 1. The summed E-state index contributed by atoms with van der Waals surface area (Å²) in [5, 5.41) is 1.51. The number of ketones is 1. The SMILES string of the molecule is [2H]N(CC(=O)[C@@](Cc1ccccc1)(N=C(N)N)C(=O)N1CCCCC1)S(=O)(=O)c1ccc2ccccc2c1. The number of nitrogens with one attached hydrogen (secondary N) is 1. The Morgan fingerprint density at radius 2 is 1.59 bits per heavy atom. The zero-order valence-corrected chi connectivity index (χ0v) is 21.2. The van der Waals surface area contributed by atoms with Crippen LogP contribution in [0.5, 0.6) is 0 Å². The number of guanidine groups is 1. The summed E-state index contributed by atoms with van der Waals surface area (Å²) in [4.78, 5) is 33.4. The van der Waals surface area contributed by atoms with Gasteiger partial charge in [0.25, 0.3) is 5.91 Å². The third-order valence-corrected chi connectivity index (χ3v) is 7.80. The van der Waals surface area contributed by atoms with Gasteiger partial charge in [-0.2, -0.15) is 0 Å². The molecule has 1 heterocycles. The van der Waals surface area contributed by atoms with Crippen LogP contribution in [0.4, 0.5) is 0 Å². The number of nitrogens with zero attached hydrogens (tertiary/aromatic N) is 2. The molecule has 37 heavy (non-hydrogen) atoms. The van der Waals surface area contributed by atoms with Gasteiger partial charge in [-0.05, 0) is 47.7 Å². The van der Waals surface area contributed by atoms with Crippen molar-refractivity contribution in [2.24, 2.45) is 16.5 Å². The van der Waals surface area contributed by atoms with E-state index in [0.717, 1.165) is 24.6 Å². The summed E-state index contributed by atoms with van der Waals surface area (Å²) in [6.07, 6.45) is 2.31. The number of Topliss-reactive ketones (excluding diaryl/α,β-unsaturated/α-hetero) is 1. The van der Waals surface area contributed by atoms with Gasteiger partial charge in [0.15, 0.2) is 11.7 Å². The molecule has 5 N–H and O–H groups in total. The minimum Gasteiger partial charge on any atom is -0.370 e. The summed E-state index contributed by atoms with van der Waals surface area (Å²) in [5.74, 6) is -1.96. The van der Waals surface area contributed by atoms with Crippen LogP contribution in [-0.2, 0) is 26.0 Å². The number of hydrogen-bond donors (Lipinski definition) is 3. The third-order valence-electron chi connectivity index (χ3n) is 6.48. The highest BCUT2D eigenvalue weighted by molar-refractivity contribution is 7.89. The molecule has 3 aromatic rings. The van der Waals surface area contributed by atoms with Gasteiger partial charge in [0.2, 0.25) is 15.6 Å². The molecule has 1 saturated heterocycles. The molecule has 0 radical (unpaired) electrons. The van der Waals surface area contributed by atoms with Gasteiger partial charge in [-0.3, -0.25) is 9.59 Å². The van der Waals surface area contributed by atoms with Crippen molar-refractivity contribution in [3.63, 3.8) is 0 Å². The minimum atomic E-state index is -4.39. The molecule has 0 spiro atoms. The number of benzene rings is 3. The van der Waals surface area contributed by atoms with Crippen molar-refractivity contribution >= 4 is 38.4 Å². The van der Waals surface area contributed by atoms with Crippen molar-refractivity contribution in [2.75, 3.05) is 19.6 Å². The van der Waals surface area contributed by atoms with Crippen molar-refractivity contribution in [2.45, 2.75) is 36.1 Å². The molecular formula is C27H31N5O4S. The summed E-state index contributed by atoms with van der Waals surface area (Å²) in [7, 11) is -4.39. The Hall–Kier alpha value is -3.76. The van der Waals surface area contributed by atoms with Crippen molar-refractivity contribution in [1.29, 1.82) is 0 Å². The van der Waals surface area contributed by atoms with Crippen LogP contribution in [0.25, 0.3) is 10.8 Å². The van der Waals surface area contributed by atoms with E-state index >= 15 is 0 Å². The first kappa shape index (κ1) is 24.9. The van der Waals surface area contributed by atoms with Crippen molar-refractivity contribution < 1.29 is 19.4 Å². The van der Waals surface area contributed by atoms with Crippen molar-refractivity contribution in [3.05, 3.63) is 78.4 Å². The fraction of sp³-hybridized carbons (Fsp3) is 0.296. The fourth-order valence-electron chi connectivity index (χ4n) is 4.59. The Balaban J connectivity index is 1.71. The molecule has 0 bridgehead atoms. The number of nitrogens with two attached hydrogens (primary N) is 2. The van der Waals surface area contributed by atoms with E-state index in [-0.39, 0.29) is 16.0 Å². The van der Waals surface area contributed by atoms with Crippen LogP contribution in [0.3, 0.4) is 0 Å². The predicted molar refractivity (Wildman–Crippen MR) is 143 cm³/mol. The number of aliphatic imine (C=N–C) groups is 1. The second-order valence-corrected chi connectivity index (χ2v) is 10.8. The van der Waals surface area contributed by atoms with Gasteiger partial charge in [0.1, 0.15) is 1.41 Å². The summed E-state index contributed by atoms with van der Waals surface area (Å²) in [6.45, 7) is -0.0520. The normalized spacial score (nSPS) is 16.1. The van der Waals surface area contributed by atoms with Crippen LogP contribution in [0.15, 0.2) is 82.7 Å². The molecule has 1 atom stereocenters. The first-order valence-corrected chi connectivity index (χ1v) is 13.6. The third kappa shape index (κ3) is 5.98. The van der Waals surface area contributed by atoms with Gasteiger partial charge < -0.3 is 16.4 Å². The van der Waals surface area contributed by atoms with Crippen LogP contribution >= 0.6 is 0 Å². The number of rotatable bonds is 9. The maximum absolute atomic E-state index is 13.9. The molecular weight excluding hydrogens is 490 g/mol. The number of likely N-dealkylation sites (tertiary alicyclic amines) is 1. The van der Waals surface area contributed by atoms with E-state index in [1.54, 1.807) is 53.4 Å². The molecule has 1 aliphatic rings. The molecule has 1 aliphatic heterocycles. The number of fused-ring (bicyclic) bond motifs is 1. The average Bonchev–Trinajstić information content (AvgIpc) is 2.92. The predicted octanol–water partition coefficient (Wildman–Crippen LogP) is 1.95. The maximum atomic E-state index is 13.9. The van der Waals surface area contributed by atoms with E-state index in [1.165, 1.54) is 12.1 Å². The van der Waals surface area contributed by atoms with Crippen LogP contribution in [0.1, 0.15) is 24.8 Å². The topological polar surface area (TPSA) is 148 Å². The molecule has 1 amide bonds.